The number of hydrogen-bond acceptors (Lipinski definition) is 2. The number of carbonyl (C=O) groups excluding carboxylic acids is 1. The predicted octanol–water partition coefficient (Wildman–Crippen LogP) is 1.90. The van der Waals surface area contributed by atoms with Crippen LogP contribution < -0.4 is 10.2 Å². The third-order valence-corrected chi connectivity index (χ3v) is 5.50. The summed E-state index contributed by atoms with van der Waals surface area (Å²) in [7, 11) is 0. The maximum Gasteiger partial charge on any atom is 0.223 e. The Bertz CT molecular complexity index is 589. The van der Waals surface area contributed by atoms with Crippen LogP contribution in [0.25, 0.3) is 0 Å². The summed E-state index contributed by atoms with van der Waals surface area (Å²) in [5, 5.41) is 5.26. The third kappa shape index (κ3) is 4.91. The SMILES string of the molecule is O=C(NCCc1ccccc1)C1CC[NH+](Cc2cccs2)CC1. The minimum absolute atomic E-state index is 0.206. The monoisotopic (exact) mass is 329 g/mol. The Kier molecular flexibility index (Phi) is 5.83. The van der Waals surface area contributed by atoms with Crippen molar-refractivity contribution in [3.63, 3.8) is 0 Å². The van der Waals surface area contributed by atoms with Crippen molar-refractivity contribution >= 4 is 17.2 Å². The van der Waals surface area contributed by atoms with Gasteiger partial charge < -0.3 is 10.2 Å². The number of amides is 1. The number of quaternary nitrogens is 1. The van der Waals surface area contributed by atoms with E-state index in [1.807, 2.05) is 29.5 Å². The standard InChI is InChI=1S/C19H24N2OS/c22-19(20-11-8-16-5-2-1-3-6-16)17-9-12-21(13-10-17)15-18-7-4-14-23-18/h1-7,14,17H,8-13,15H2,(H,20,22)/p+1. The predicted molar refractivity (Wildman–Crippen MR) is 94.6 cm³/mol. The zero-order valence-electron chi connectivity index (χ0n) is 13.5. The zero-order valence-corrected chi connectivity index (χ0v) is 14.3. The van der Waals surface area contributed by atoms with Gasteiger partial charge in [0, 0.05) is 25.3 Å². The van der Waals surface area contributed by atoms with Crippen LogP contribution >= 0.6 is 11.3 Å². The largest absolute Gasteiger partial charge is 0.356 e. The van der Waals surface area contributed by atoms with Gasteiger partial charge in [0.15, 0.2) is 0 Å². The molecule has 2 heterocycles. The highest BCUT2D eigenvalue weighted by Crippen LogP contribution is 2.11. The summed E-state index contributed by atoms with van der Waals surface area (Å²) in [6.07, 6.45) is 2.94. The summed E-state index contributed by atoms with van der Waals surface area (Å²) in [6, 6.07) is 14.7. The van der Waals surface area contributed by atoms with Crippen LogP contribution in [0.5, 0.6) is 0 Å². The lowest BCUT2D eigenvalue weighted by atomic mass is 9.96. The van der Waals surface area contributed by atoms with E-state index >= 15 is 0 Å². The maximum atomic E-state index is 12.3. The molecule has 1 fully saturated rings. The van der Waals surface area contributed by atoms with Crippen LogP contribution in [0.15, 0.2) is 47.8 Å². The molecule has 23 heavy (non-hydrogen) atoms. The molecule has 0 aliphatic carbocycles. The van der Waals surface area contributed by atoms with Crippen molar-refractivity contribution in [2.45, 2.75) is 25.8 Å². The van der Waals surface area contributed by atoms with Gasteiger partial charge in [0.05, 0.1) is 18.0 Å². The smallest absolute Gasteiger partial charge is 0.223 e. The second kappa shape index (κ2) is 8.27. The number of thiophene rings is 1. The van der Waals surface area contributed by atoms with Crippen molar-refractivity contribution in [2.75, 3.05) is 19.6 Å². The van der Waals surface area contributed by atoms with E-state index in [1.165, 1.54) is 10.4 Å². The van der Waals surface area contributed by atoms with Gasteiger partial charge in [-0.3, -0.25) is 4.79 Å². The van der Waals surface area contributed by atoms with Gasteiger partial charge in [0.25, 0.3) is 0 Å². The first-order valence-corrected chi connectivity index (χ1v) is 9.37. The molecule has 1 aliphatic rings. The van der Waals surface area contributed by atoms with Crippen molar-refractivity contribution in [1.29, 1.82) is 0 Å². The van der Waals surface area contributed by atoms with Crippen LogP contribution in [-0.2, 0) is 17.8 Å². The van der Waals surface area contributed by atoms with Gasteiger partial charge in [-0.15, -0.1) is 11.3 Å². The summed E-state index contributed by atoms with van der Waals surface area (Å²) in [5.41, 5.74) is 1.28. The molecule has 2 aromatic rings. The lowest BCUT2D eigenvalue weighted by molar-refractivity contribution is -0.919. The molecule has 0 radical (unpaired) electrons. The molecule has 0 unspecified atom stereocenters. The van der Waals surface area contributed by atoms with E-state index in [0.717, 1.165) is 45.4 Å². The van der Waals surface area contributed by atoms with Crippen molar-refractivity contribution in [3.05, 3.63) is 58.3 Å². The van der Waals surface area contributed by atoms with Crippen LogP contribution in [0.2, 0.25) is 0 Å². The molecule has 0 spiro atoms. The Labute approximate surface area is 142 Å². The maximum absolute atomic E-state index is 12.3. The van der Waals surface area contributed by atoms with E-state index in [9.17, 15) is 4.79 Å². The number of benzene rings is 1. The first kappa shape index (κ1) is 16.2. The normalized spacial score (nSPS) is 21.0. The first-order valence-electron chi connectivity index (χ1n) is 8.49. The molecule has 0 saturated carbocycles. The molecular formula is C19H25N2OS+. The third-order valence-electron chi connectivity index (χ3n) is 4.62. The van der Waals surface area contributed by atoms with Gasteiger partial charge in [-0.25, -0.2) is 0 Å². The lowest BCUT2D eigenvalue weighted by Gasteiger charge is -2.28. The van der Waals surface area contributed by atoms with Gasteiger partial charge in [0.1, 0.15) is 6.54 Å². The van der Waals surface area contributed by atoms with Gasteiger partial charge in [-0.1, -0.05) is 36.4 Å². The fourth-order valence-corrected chi connectivity index (χ4v) is 4.02. The summed E-state index contributed by atoms with van der Waals surface area (Å²) in [5.74, 6) is 0.453. The molecule has 2 N–H and O–H groups in total. The van der Waals surface area contributed by atoms with Gasteiger partial charge in [0.2, 0.25) is 5.91 Å². The molecule has 122 valence electrons. The van der Waals surface area contributed by atoms with E-state index in [1.54, 1.807) is 4.90 Å². The molecule has 0 bridgehead atoms. The van der Waals surface area contributed by atoms with Gasteiger partial charge in [-0.2, -0.15) is 0 Å². The highest BCUT2D eigenvalue weighted by atomic mass is 32.1. The van der Waals surface area contributed by atoms with Gasteiger partial charge >= 0.3 is 0 Å². The van der Waals surface area contributed by atoms with Crippen LogP contribution in [0, 0.1) is 5.92 Å². The number of rotatable bonds is 6. The van der Waals surface area contributed by atoms with E-state index < -0.39 is 0 Å². The molecule has 4 heteroatoms. The second-order valence-corrected chi connectivity index (χ2v) is 7.34. The number of piperidine rings is 1. The zero-order chi connectivity index (χ0) is 15.9. The Balaban J connectivity index is 1.36. The number of likely N-dealkylation sites (tertiary alicyclic amines) is 1. The van der Waals surface area contributed by atoms with Crippen molar-refractivity contribution in [2.24, 2.45) is 5.92 Å². The van der Waals surface area contributed by atoms with Crippen LogP contribution in [0.3, 0.4) is 0 Å². The van der Waals surface area contributed by atoms with E-state index in [4.69, 9.17) is 0 Å². The Morgan fingerprint density at radius 1 is 1.13 bits per heavy atom. The first-order chi connectivity index (χ1) is 11.3. The molecule has 1 aliphatic heterocycles. The van der Waals surface area contributed by atoms with Gasteiger partial charge in [-0.05, 0) is 23.4 Å². The topological polar surface area (TPSA) is 33.5 Å². The molecule has 3 rings (SSSR count). The number of nitrogens with one attached hydrogen (secondary N) is 2. The minimum Gasteiger partial charge on any atom is -0.356 e. The van der Waals surface area contributed by atoms with E-state index in [2.05, 4.69) is 35.0 Å². The lowest BCUT2D eigenvalue weighted by Crippen LogP contribution is -3.11. The van der Waals surface area contributed by atoms with Crippen molar-refractivity contribution in [3.8, 4) is 0 Å². The number of hydrogen-bond donors (Lipinski definition) is 2. The molecule has 1 amide bonds. The molecule has 1 aromatic carbocycles. The number of carbonyl (C=O) groups is 1. The molecule has 1 saturated heterocycles. The summed E-state index contributed by atoms with van der Waals surface area (Å²) < 4.78 is 0. The van der Waals surface area contributed by atoms with E-state index in [0.29, 0.717) is 0 Å². The highest BCUT2D eigenvalue weighted by Gasteiger charge is 2.27. The Morgan fingerprint density at radius 2 is 1.91 bits per heavy atom. The average molecular weight is 329 g/mol. The average Bonchev–Trinajstić information content (AvgIpc) is 3.09. The Hall–Kier alpha value is -1.65. The molecule has 0 atom stereocenters. The van der Waals surface area contributed by atoms with Crippen molar-refractivity contribution in [1.82, 2.24) is 5.32 Å². The minimum atomic E-state index is 0.206. The quantitative estimate of drug-likeness (QED) is 0.834. The van der Waals surface area contributed by atoms with Crippen LogP contribution in [-0.4, -0.2) is 25.5 Å². The molecule has 1 aromatic heterocycles. The molecule has 3 nitrogen and oxygen atoms in total. The fraction of sp³-hybridized carbons (Fsp3) is 0.421. The van der Waals surface area contributed by atoms with E-state index in [-0.39, 0.29) is 11.8 Å². The Morgan fingerprint density at radius 3 is 2.61 bits per heavy atom. The van der Waals surface area contributed by atoms with Crippen LogP contribution in [0.1, 0.15) is 23.3 Å². The van der Waals surface area contributed by atoms with Crippen LogP contribution in [0.4, 0.5) is 0 Å². The highest BCUT2D eigenvalue weighted by molar-refractivity contribution is 7.09. The molecular weight excluding hydrogens is 304 g/mol. The summed E-state index contributed by atoms with van der Waals surface area (Å²) >= 11 is 1.83. The van der Waals surface area contributed by atoms with Crippen molar-refractivity contribution < 1.29 is 9.69 Å². The fourth-order valence-electron chi connectivity index (χ4n) is 3.24. The summed E-state index contributed by atoms with van der Waals surface area (Å²) in [6.45, 7) is 4.06. The second-order valence-electron chi connectivity index (χ2n) is 6.31. The summed E-state index contributed by atoms with van der Waals surface area (Å²) in [4.78, 5) is 15.4.